The maximum atomic E-state index is 11.7. The number of carbonyl (C=O) groups is 1. The molecule has 1 heterocycles. The van der Waals surface area contributed by atoms with E-state index in [4.69, 9.17) is 0 Å². The third-order valence-corrected chi connectivity index (χ3v) is 4.13. The molecule has 0 radical (unpaired) electrons. The van der Waals surface area contributed by atoms with Crippen LogP contribution < -0.4 is 10.6 Å². The summed E-state index contributed by atoms with van der Waals surface area (Å²) in [4.78, 5) is 21.8. The van der Waals surface area contributed by atoms with Gasteiger partial charge in [0, 0.05) is 32.1 Å². The quantitative estimate of drug-likeness (QED) is 0.327. The van der Waals surface area contributed by atoms with Crippen LogP contribution in [0.5, 0.6) is 0 Å². The van der Waals surface area contributed by atoms with Gasteiger partial charge in [-0.1, -0.05) is 25.7 Å². The fourth-order valence-corrected chi connectivity index (χ4v) is 2.84. The number of amides is 1. The van der Waals surface area contributed by atoms with Crippen LogP contribution in [0.2, 0.25) is 0 Å². The molecule has 0 atom stereocenters. The molecule has 8 heteroatoms. The topological polar surface area (TPSA) is 102 Å². The number of hydrogen-bond donors (Lipinski definition) is 2. The van der Waals surface area contributed by atoms with E-state index in [-0.39, 0.29) is 18.0 Å². The summed E-state index contributed by atoms with van der Waals surface area (Å²) in [6.45, 7) is 1.73. The Morgan fingerprint density at radius 3 is 2.70 bits per heavy atom. The summed E-state index contributed by atoms with van der Waals surface area (Å²) >= 11 is 0. The van der Waals surface area contributed by atoms with E-state index in [2.05, 4.69) is 15.7 Å². The summed E-state index contributed by atoms with van der Waals surface area (Å²) in [5.74, 6) is -0.0641. The SMILES string of the molecule is O=C(CCn1cc([N+](=O)[O-])cn1)NCCNC1CCCCCC1. The van der Waals surface area contributed by atoms with Crippen LogP contribution in [-0.4, -0.2) is 39.7 Å². The molecule has 1 aliphatic carbocycles. The first-order chi connectivity index (χ1) is 11.1. The van der Waals surface area contributed by atoms with Crippen molar-refractivity contribution in [2.45, 2.75) is 57.5 Å². The maximum Gasteiger partial charge on any atom is 0.306 e. The Hall–Kier alpha value is -1.96. The second kappa shape index (κ2) is 9.24. The van der Waals surface area contributed by atoms with E-state index in [1.807, 2.05) is 0 Å². The zero-order chi connectivity index (χ0) is 16.5. The van der Waals surface area contributed by atoms with Gasteiger partial charge in [-0.2, -0.15) is 5.10 Å². The van der Waals surface area contributed by atoms with Gasteiger partial charge in [0.15, 0.2) is 0 Å². The molecule has 0 unspecified atom stereocenters. The third kappa shape index (κ3) is 6.35. The average molecular weight is 323 g/mol. The Morgan fingerprint density at radius 1 is 1.30 bits per heavy atom. The van der Waals surface area contributed by atoms with Gasteiger partial charge in [0.2, 0.25) is 5.91 Å². The molecule has 1 aromatic heterocycles. The molecular formula is C15H25N5O3. The van der Waals surface area contributed by atoms with Crippen LogP contribution in [0.4, 0.5) is 5.69 Å². The van der Waals surface area contributed by atoms with E-state index in [0.717, 1.165) is 6.54 Å². The number of nitrogens with one attached hydrogen (secondary N) is 2. The van der Waals surface area contributed by atoms with Crippen LogP contribution in [0.15, 0.2) is 12.4 Å². The molecule has 128 valence electrons. The minimum Gasteiger partial charge on any atom is -0.355 e. The Bertz CT molecular complexity index is 509. The van der Waals surface area contributed by atoms with Crippen molar-refractivity contribution in [1.29, 1.82) is 0 Å². The molecule has 2 rings (SSSR count). The summed E-state index contributed by atoms with van der Waals surface area (Å²) in [6, 6.07) is 0.582. The van der Waals surface area contributed by atoms with E-state index < -0.39 is 4.92 Å². The third-order valence-electron chi connectivity index (χ3n) is 4.13. The summed E-state index contributed by atoms with van der Waals surface area (Å²) in [5, 5.41) is 20.8. The molecule has 1 aromatic rings. The van der Waals surface area contributed by atoms with Gasteiger partial charge in [-0.15, -0.1) is 0 Å². The van der Waals surface area contributed by atoms with E-state index in [9.17, 15) is 14.9 Å². The number of nitrogens with zero attached hydrogens (tertiary/aromatic N) is 3. The first-order valence-electron chi connectivity index (χ1n) is 8.32. The number of hydrogen-bond acceptors (Lipinski definition) is 5. The van der Waals surface area contributed by atoms with E-state index in [1.54, 1.807) is 0 Å². The zero-order valence-corrected chi connectivity index (χ0v) is 13.4. The molecule has 1 amide bonds. The Kier molecular flexibility index (Phi) is 6.99. The highest BCUT2D eigenvalue weighted by Gasteiger charge is 2.12. The molecule has 8 nitrogen and oxygen atoms in total. The molecule has 23 heavy (non-hydrogen) atoms. The van der Waals surface area contributed by atoms with Crippen LogP contribution >= 0.6 is 0 Å². The molecule has 1 saturated carbocycles. The van der Waals surface area contributed by atoms with Gasteiger partial charge in [0.25, 0.3) is 0 Å². The van der Waals surface area contributed by atoms with Crippen molar-refractivity contribution in [2.24, 2.45) is 0 Å². The molecule has 2 N–H and O–H groups in total. The predicted octanol–water partition coefficient (Wildman–Crippen LogP) is 1.61. The van der Waals surface area contributed by atoms with Gasteiger partial charge in [-0.3, -0.25) is 19.6 Å². The van der Waals surface area contributed by atoms with Crippen LogP contribution in [0.25, 0.3) is 0 Å². The molecule has 0 saturated heterocycles. The van der Waals surface area contributed by atoms with Crippen LogP contribution in [0.3, 0.4) is 0 Å². The molecule has 0 bridgehead atoms. The fraction of sp³-hybridized carbons (Fsp3) is 0.733. The summed E-state index contributed by atoms with van der Waals surface area (Å²) in [6.07, 6.45) is 10.5. The standard InChI is InChI=1S/C15H25N5O3/c21-15(7-10-19-12-14(11-18-19)20(22)23)17-9-8-16-13-5-3-1-2-4-6-13/h11-13,16H,1-10H2,(H,17,21). The highest BCUT2D eigenvalue weighted by Crippen LogP contribution is 2.16. The number of nitro groups is 1. The normalized spacial score (nSPS) is 16.0. The summed E-state index contributed by atoms with van der Waals surface area (Å²) in [5.41, 5.74) is -0.0574. The lowest BCUT2D eigenvalue weighted by molar-refractivity contribution is -0.385. The molecule has 0 spiro atoms. The maximum absolute atomic E-state index is 11.7. The van der Waals surface area contributed by atoms with Crippen molar-refractivity contribution < 1.29 is 9.72 Å². The highest BCUT2D eigenvalue weighted by atomic mass is 16.6. The summed E-state index contributed by atoms with van der Waals surface area (Å²) < 4.78 is 1.42. The van der Waals surface area contributed by atoms with Gasteiger partial charge in [0.05, 0.1) is 4.92 Å². The van der Waals surface area contributed by atoms with Gasteiger partial charge in [-0.25, -0.2) is 0 Å². The van der Waals surface area contributed by atoms with Crippen LogP contribution in [0.1, 0.15) is 44.9 Å². The lowest BCUT2D eigenvalue weighted by atomic mass is 10.1. The number of carbonyl (C=O) groups excluding carboxylic acids is 1. The highest BCUT2D eigenvalue weighted by molar-refractivity contribution is 5.75. The Labute approximate surface area is 135 Å². The zero-order valence-electron chi connectivity index (χ0n) is 13.4. The van der Waals surface area contributed by atoms with Crippen molar-refractivity contribution in [1.82, 2.24) is 20.4 Å². The molecule has 1 fully saturated rings. The largest absolute Gasteiger partial charge is 0.355 e. The van der Waals surface area contributed by atoms with E-state index in [1.165, 1.54) is 55.6 Å². The van der Waals surface area contributed by atoms with Crippen LogP contribution in [-0.2, 0) is 11.3 Å². The smallest absolute Gasteiger partial charge is 0.306 e. The van der Waals surface area contributed by atoms with Gasteiger partial charge < -0.3 is 10.6 Å². The lowest BCUT2D eigenvalue weighted by Gasteiger charge is -2.16. The predicted molar refractivity (Wildman–Crippen MR) is 86.0 cm³/mol. The van der Waals surface area contributed by atoms with Crippen molar-refractivity contribution in [2.75, 3.05) is 13.1 Å². The van der Waals surface area contributed by atoms with Crippen molar-refractivity contribution in [3.63, 3.8) is 0 Å². The number of aryl methyl sites for hydroxylation is 1. The van der Waals surface area contributed by atoms with Crippen LogP contribution in [0, 0.1) is 10.1 Å². The minimum atomic E-state index is -0.497. The van der Waals surface area contributed by atoms with E-state index in [0.29, 0.717) is 19.1 Å². The van der Waals surface area contributed by atoms with Crippen molar-refractivity contribution >= 4 is 11.6 Å². The first kappa shape index (κ1) is 17.4. The van der Waals surface area contributed by atoms with Crippen molar-refractivity contribution in [3.05, 3.63) is 22.5 Å². The van der Waals surface area contributed by atoms with Gasteiger partial charge >= 0.3 is 5.69 Å². The Morgan fingerprint density at radius 2 is 2.04 bits per heavy atom. The van der Waals surface area contributed by atoms with Gasteiger partial charge in [0.1, 0.15) is 12.4 Å². The molecule has 0 aliphatic heterocycles. The molecule has 0 aromatic carbocycles. The Balaban J connectivity index is 1.56. The summed E-state index contributed by atoms with van der Waals surface area (Å²) in [7, 11) is 0. The average Bonchev–Trinajstić information content (AvgIpc) is 2.86. The molecular weight excluding hydrogens is 298 g/mol. The first-order valence-corrected chi connectivity index (χ1v) is 8.32. The van der Waals surface area contributed by atoms with Gasteiger partial charge in [-0.05, 0) is 12.8 Å². The minimum absolute atomic E-state index is 0.0574. The monoisotopic (exact) mass is 323 g/mol. The fourth-order valence-electron chi connectivity index (χ4n) is 2.84. The van der Waals surface area contributed by atoms with E-state index >= 15 is 0 Å². The number of rotatable bonds is 8. The second-order valence-corrected chi connectivity index (χ2v) is 5.96. The number of aromatic nitrogens is 2. The van der Waals surface area contributed by atoms with Crippen molar-refractivity contribution in [3.8, 4) is 0 Å². The lowest BCUT2D eigenvalue weighted by Crippen LogP contribution is -2.37. The molecule has 1 aliphatic rings. The second-order valence-electron chi connectivity index (χ2n) is 5.96.